The monoisotopic (exact) mass is 177 g/mol. The van der Waals surface area contributed by atoms with Crippen LogP contribution in [0.2, 0.25) is 0 Å². The standard InChI is InChI=1S/C9H11N3O/c10-9(13)6-5-7-3-1-2-4-8(7)12-11/h1-6,12H,11H2,(H2,10,13). The molecule has 68 valence electrons. The Morgan fingerprint density at radius 2 is 2.08 bits per heavy atom. The van der Waals surface area contributed by atoms with Crippen LogP contribution in [0.3, 0.4) is 0 Å². The van der Waals surface area contributed by atoms with Crippen molar-refractivity contribution in [3.05, 3.63) is 35.9 Å². The van der Waals surface area contributed by atoms with Crippen molar-refractivity contribution >= 4 is 17.7 Å². The highest BCUT2D eigenvalue weighted by molar-refractivity contribution is 5.91. The van der Waals surface area contributed by atoms with Crippen LogP contribution in [0.5, 0.6) is 0 Å². The van der Waals surface area contributed by atoms with Crippen molar-refractivity contribution in [1.29, 1.82) is 0 Å². The van der Waals surface area contributed by atoms with E-state index in [1.165, 1.54) is 6.08 Å². The van der Waals surface area contributed by atoms with E-state index >= 15 is 0 Å². The first-order chi connectivity index (χ1) is 6.24. The predicted octanol–water partition coefficient (Wildman–Crippen LogP) is 0.471. The number of nitrogens with one attached hydrogen (secondary N) is 1. The summed E-state index contributed by atoms with van der Waals surface area (Å²) < 4.78 is 0. The smallest absolute Gasteiger partial charge is 0.241 e. The minimum absolute atomic E-state index is 0.480. The van der Waals surface area contributed by atoms with Gasteiger partial charge < -0.3 is 11.2 Å². The Morgan fingerprint density at radius 1 is 1.38 bits per heavy atom. The van der Waals surface area contributed by atoms with Crippen molar-refractivity contribution in [2.75, 3.05) is 5.43 Å². The second kappa shape index (κ2) is 4.27. The van der Waals surface area contributed by atoms with E-state index in [0.29, 0.717) is 0 Å². The molecule has 1 aromatic rings. The molecule has 13 heavy (non-hydrogen) atoms. The highest BCUT2D eigenvalue weighted by atomic mass is 16.1. The molecule has 0 unspecified atom stereocenters. The third kappa shape index (κ3) is 2.61. The summed E-state index contributed by atoms with van der Waals surface area (Å²) in [6.45, 7) is 0. The largest absolute Gasteiger partial charge is 0.366 e. The lowest BCUT2D eigenvalue weighted by Crippen LogP contribution is -2.08. The molecule has 0 atom stereocenters. The average Bonchev–Trinajstić information content (AvgIpc) is 2.15. The molecule has 0 aromatic heterocycles. The summed E-state index contributed by atoms with van der Waals surface area (Å²) in [5.74, 6) is 4.78. The lowest BCUT2D eigenvalue weighted by atomic mass is 10.1. The van der Waals surface area contributed by atoms with E-state index in [-0.39, 0.29) is 0 Å². The molecule has 0 aliphatic carbocycles. The van der Waals surface area contributed by atoms with Gasteiger partial charge in [0.25, 0.3) is 0 Å². The molecule has 5 N–H and O–H groups in total. The predicted molar refractivity (Wildman–Crippen MR) is 52.5 cm³/mol. The average molecular weight is 177 g/mol. The molecule has 0 saturated heterocycles. The van der Waals surface area contributed by atoms with E-state index in [2.05, 4.69) is 5.43 Å². The zero-order valence-electron chi connectivity index (χ0n) is 7.03. The quantitative estimate of drug-likeness (QED) is 0.356. The molecular weight excluding hydrogens is 166 g/mol. The molecule has 0 aliphatic rings. The van der Waals surface area contributed by atoms with Gasteiger partial charge in [0.2, 0.25) is 5.91 Å². The maximum Gasteiger partial charge on any atom is 0.241 e. The summed E-state index contributed by atoms with van der Waals surface area (Å²) in [6, 6.07) is 7.33. The molecule has 4 nitrogen and oxygen atoms in total. The molecule has 1 aromatic carbocycles. The Labute approximate surface area is 76.2 Å². The first kappa shape index (κ1) is 9.28. The van der Waals surface area contributed by atoms with Crippen LogP contribution >= 0.6 is 0 Å². The fourth-order valence-corrected chi connectivity index (χ4v) is 0.946. The van der Waals surface area contributed by atoms with Crippen LogP contribution in [0.25, 0.3) is 6.08 Å². The summed E-state index contributed by atoms with van der Waals surface area (Å²) in [5.41, 5.74) is 9.04. The number of hydrogen-bond donors (Lipinski definition) is 3. The van der Waals surface area contributed by atoms with E-state index in [0.717, 1.165) is 11.3 Å². The first-order valence-corrected chi connectivity index (χ1v) is 3.77. The first-order valence-electron chi connectivity index (χ1n) is 3.77. The maximum atomic E-state index is 10.5. The maximum absolute atomic E-state index is 10.5. The number of anilines is 1. The fraction of sp³-hybridized carbons (Fsp3) is 0. The van der Waals surface area contributed by atoms with Gasteiger partial charge in [-0.3, -0.25) is 10.6 Å². The molecule has 0 fully saturated rings. The topological polar surface area (TPSA) is 81.1 Å². The number of nitrogen functional groups attached to an aromatic ring is 1. The van der Waals surface area contributed by atoms with Crippen molar-refractivity contribution in [3.63, 3.8) is 0 Å². The minimum Gasteiger partial charge on any atom is -0.366 e. The van der Waals surface area contributed by atoms with Crippen LogP contribution < -0.4 is 17.0 Å². The van der Waals surface area contributed by atoms with Gasteiger partial charge in [-0.25, -0.2) is 0 Å². The number of para-hydroxylation sites is 1. The molecule has 0 bridgehead atoms. The summed E-state index contributed by atoms with van der Waals surface area (Å²) in [6.07, 6.45) is 2.90. The van der Waals surface area contributed by atoms with Gasteiger partial charge in [0.15, 0.2) is 0 Å². The van der Waals surface area contributed by atoms with E-state index in [1.807, 2.05) is 18.2 Å². The van der Waals surface area contributed by atoms with Gasteiger partial charge in [-0.15, -0.1) is 0 Å². The van der Waals surface area contributed by atoms with Crippen LogP contribution in [-0.4, -0.2) is 5.91 Å². The number of carbonyl (C=O) groups is 1. The Kier molecular flexibility index (Phi) is 3.05. The van der Waals surface area contributed by atoms with Crippen molar-refractivity contribution < 1.29 is 4.79 Å². The number of hydrogen-bond acceptors (Lipinski definition) is 3. The summed E-state index contributed by atoms with van der Waals surface area (Å²) in [5, 5.41) is 0. The molecule has 1 amide bonds. The number of hydrazine groups is 1. The van der Waals surface area contributed by atoms with Crippen LogP contribution in [0.1, 0.15) is 5.56 Å². The second-order valence-corrected chi connectivity index (χ2v) is 2.47. The van der Waals surface area contributed by atoms with E-state index in [9.17, 15) is 4.79 Å². The fourth-order valence-electron chi connectivity index (χ4n) is 0.946. The van der Waals surface area contributed by atoms with Gasteiger partial charge in [0.05, 0.1) is 5.69 Å². The minimum atomic E-state index is -0.480. The van der Waals surface area contributed by atoms with Gasteiger partial charge in [-0.05, 0) is 17.7 Å². The Morgan fingerprint density at radius 3 is 2.69 bits per heavy atom. The molecule has 4 heteroatoms. The van der Waals surface area contributed by atoms with Gasteiger partial charge in [-0.1, -0.05) is 18.2 Å². The zero-order valence-corrected chi connectivity index (χ0v) is 7.03. The van der Waals surface area contributed by atoms with Crippen molar-refractivity contribution in [3.8, 4) is 0 Å². The normalized spacial score (nSPS) is 10.2. The molecule has 0 aliphatic heterocycles. The molecule has 0 saturated carbocycles. The Bertz CT molecular complexity index is 333. The highest BCUT2D eigenvalue weighted by Crippen LogP contribution is 2.14. The number of nitrogens with two attached hydrogens (primary N) is 2. The van der Waals surface area contributed by atoms with Crippen molar-refractivity contribution in [1.82, 2.24) is 0 Å². The van der Waals surface area contributed by atoms with Gasteiger partial charge >= 0.3 is 0 Å². The van der Waals surface area contributed by atoms with E-state index in [4.69, 9.17) is 11.6 Å². The van der Waals surface area contributed by atoms with Crippen molar-refractivity contribution in [2.24, 2.45) is 11.6 Å². The Balaban J connectivity index is 2.93. The number of benzene rings is 1. The molecule has 0 spiro atoms. The number of carbonyl (C=O) groups excluding carboxylic acids is 1. The van der Waals surface area contributed by atoms with Gasteiger partial charge in [0, 0.05) is 6.08 Å². The number of amides is 1. The van der Waals surface area contributed by atoms with Crippen LogP contribution in [0.4, 0.5) is 5.69 Å². The summed E-state index contributed by atoms with van der Waals surface area (Å²) >= 11 is 0. The number of primary amides is 1. The van der Waals surface area contributed by atoms with Crippen LogP contribution in [0.15, 0.2) is 30.3 Å². The number of rotatable bonds is 3. The SMILES string of the molecule is NNc1ccccc1C=CC(N)=O. The van der Waals surface area contributed by atoms with Gasteiger partial charge in [-0.2, -0.15) is 0 Å². The lowest BCUT2D eigenvalue weighted by Gasteiger charge is -2.02. The highest BCUT2D eigenvalue weighted by Gasteiger charge is 1.94. The summed E-state index contributed by atoms with van der Waals surface area (Å²) in [4.78, 5) is 10.5. The third-order valence-corrected chi connectivity index (χ3v) is 1.54. The van der Waals surface area contributed by atoms with Crippen LogP contribution in [-0.2, 0) is 4.79 Å². The van der Waals surface area contributed by atoms with Gasteiger partial charge in [0.1, 0.15) is 0 Å². The van der Waals surface area contributed by atoms with Crippen molar-refractivity contribution in [2.45, 2.75) is 0 Å². The molecular formula is C9H11N3O. The Hall–Kier alpha value is -1.81. The van der Waals surface area contributed by atoms with Crippen LogP contribution in [0, 0.1) is 0 Å². The second-order valence-electron chi connectivity index (χ2n) is 2.47. The zero-order chi connectivity index (χ0) is 9.68. The molecule has 0 radical (unpaired) electrons. The molecule has 1 rings (SSSR count). The third-order valence-electron chi connectivity index (χ3n) is 1.54. The van der Waals surface area contributed by atoms with E-state index < -0.39 is 5.91 Å². The summed E-state index contributed by atoms with van der Waals surface area (Å²) in [7, 11) is 0. The van der Waals surface area contributed by atoms with E-state index in [1.54, 1.807) is 12.1 Å². The lowest BCUT2D eigenvalue weighted by molar-refractivity contribution is -0.113. The molecule has 0 heterocycles.